The second-order valence-electron chi connectivity index (χ2n) is 8.84. The van der Waals surface area contributed by atoms with Crippen LogP contribution in [0.5, 0.6) is 0 Å². The number of guanidine groups is 1. The Labute approximate surface area is 186 Å². The highest BCUT2D eigenvalue weighted by molar-refractivity contribution is 5.80. The zero-order valence-corrected chi connectivity index (χ0v) is 18.7. The van der Waals surface area contributed by atoms with E-state index in [0.717, 1.165) is 58.1 Å². The molecule has 2 fully saturated rings. The zero-order chi connectivity index (χ0) is 21.5. The highest BCUT2D eigenvalue weighted by Crippen LogP contribution is 2.27. The second kappa shape index (κ2) is 10.8. The Morgan fingerprint density at radius 1 is 0.968 bits per heavy atom. The molecule has 2 aliphatic heterocycles. The number of hydrogen-bond donors (Lipinski definition) is 2. The number of likely N-dealkylation sites (tertiary alicyclic amines) is 2. The van der Waals surface area contributed by atoms with Crippen molar-refractivity contribution in [2.45, 2.75) is 51.3 Å². The van der Waals surface area contributed by atoms with Crippen molar-refractivity contribution in [3.05, 3.63) is 71.3 Å². The number of benzene rings is 2. The van der Waals surface area contributed by atoms with Crippen molar-refractivity contribution in [2.75, 3.05) is 32.7 Å². The largest absolute Gasteiger partial charge is 0.393 e. The third-order valence-electron chi connectivity index (χ3n) is 6.49. The molecule has 0 bridgehead atoms. The number of hydrogen-bond acceptors (Lipinski definition) is 3. The molecule has 1 unspecified atom stereocenters. The van der Waals surface area contributed by atoms with Gasteiger partial charge in [-0.25, -0.2) is 4.99 Å². The highest BCUT2D eigenvalue weighted by Gasteiger charge is 2.25. The summed E-state index contributed by atoms with van der Waals surface area (Å²) in [5.41, 5.74) is 4.01. The molecule has 0 saturated carbocycles. The lowest BCUT2D eigenvalue weighted by molar-refractivity contribution is 0.0792. The second-order valence-corrected chi connectivity index (χ2v) is 8.84. The lowest BCUT2D eigenvalue weighted by Gasteiger charge is -2.29. The van der Waals surface area contributed by atoms with Gasteiger partial charge in [0.2, 0.25) is 0 Å². The Balaban J connectivity index is 1.33. The molecule has 0 aromatic heterocycles. The van der Waals surface area contributed by atoms with E-state index in [1.165, 1.54) is 23.1 Å². The maximum Gasteiger partial charge on any atom is 0.194 e. The topological polar surface area (TPSA) is 51.1 Å². The lowest BCUT2D eigenvalue weighted by atomic mass is 9.99. The molecule has 5 heteroatoms. The fourth-order valence-electron chi connectivity index (χ4n) is 4.63. The van der Waals surface area contributed by atoms with Gasteiger partial charge in [0.25, 0.3) is 0 Å². The first kappa shape index (κ1) is 21.8. The Bertz CT molecular complexity index is 828. The van der Waals surface area contributed by atoms with Crippen molar-refractivity contribution in [3.63, 3.8) is 0 Å². The van der Waals surface area contributed by atoms with Gasteiger partial charge >= 0.3 is 0 Å². The molecule has 166 valence electrons. The molecule has 2 saturated heterocycles. The number of rotatable bonds is 6. The van der Waals surface area contributed by atoms with E-state index >= 15 is 0 Å². The lowest BCUT2D eigenvalue weighted by Crippen LogP contribution is -2.40. The number of aliphatic hydroxyl groups excluding tert-OH is 1. The van der Waals surface area contributed by atoms with Gasteiger partial charge in [0.05, 0.1) is 12.6 Å². The molecular formula is C26H36N4O. The third kappa shape index (κ3) is 6.08. The fraction of sp³-hybridized carbons (Fsp3) is 0.500. The van der Waals surface area contributed by atoms with E-state index in [2.05, 4.69) is 76.6 Å². The number of piperidine rings is 1. The van der Waals surface area contributed by atoms with Crippen LogP contribution in [-0.2, 0) is 13.1 Å². The van der Waals surface area contributed by atoms with E-state index in [0.29, 0.717) is 12.5 Å². The van der Waals surface area contributed by atoms with Crippen LogP contribution >= 0.6 is 0 Å². The van der Waals surface area contributed by atoms with E-state index in [4.69, 9.17) is 4.99 Å². The van der Waals surface area contributed by atoms with Crippen molar-refractivity contribution < 1.29 is 5.11 Å². The standard InChI is InChI=1S/C26H36N4O/c1-2-27-26(30-17-12-24(20-30)23-6-4-3-5-7-23)28-18-21-8-10-22(11-9-21)19-29-15-13-25(31)14-16-29/h3-11,24-25,31H,2,12-20H2,1H3,(H,27,28). The highest BCUT2D eigenvalue weighted by atomic mass is 16.3. The molecule has 1 atom stereocenters. The van der Waals surface area contributed by atoms with Gasteiger partial charge in [-0.05, 0) is 42.9 Å². The molecule has 2 N–H and O–H groups in total. The predicted octanol–water partition coefficient (Wildman–Crippen LogP) is 3.60. The van der Waals surface area contributed by atoms with Crippen molar-refractivity contribution in [1.82, 2.24) is 15.1 Å². The van der Waals surface area contributed by atoms with Crippen LogP contribution in [0.15, 0.2) is 59.6 Å². The first-order chi connectivity index (χ1) is 15.2. The molecule has 2 aliphatic rings. The summed E-state index contributed by atoms with van der Waals surface area (Å²) >= 11 is 0. The normalized spacial score (nSPS) is 20.9. The Morgan fingerprint density at radius 3 is 2.39 bits per heavy atom. The minimum absolute atomic E-state index is 0.110. The molecule has 2 aromatic carbocycles. The SMILES string of the molecule is CCNC(=NCc1ccc(CN2CCC(O)CC2)cc1)N1CCC(c2ccccc2)C1. The van der Waals surface area contributed by atoms with Gasteiger partial charge in [0.15, 0.2) is 5.96 Å². The summed E-state index contributed by atoms with van der Waals surface area (Å²) in [6.45, 7) is 8.73. The maximum absolute atomic E-state index is 9.67. The van der Waals surface area contributed by atoms with E-state index in [9.17, 15) is 5.11 Å². The van der Waals surface area contributed by atoms with E-state index in [1.807, 2.05) is 0 Å². The van der Waals surface area contributed by atoms with Crippen LogP contribution in [0.2, 0.25) is 0 Å². The number of aliphatic imine (C=N–C) groups is 1. The first-order valence-electron chi connectivity index (χ1n) is 11.8. The fourth-order valence-corrected chi connectivity index (χ4v) is 4.63. The van der Waals surface area contributed by atoms with Gasteiger partial charge in [0.1, 0.15) is 0 Å². The van der Waals surface area contributed by atoms with Crippen molar-refractivity contribution in [3.8, 4) is 0 Å². The van der Waals surface area contributed by atoms with Crippen LogP contribution in [0.4, 0.5) is 0 Å². The monoisotopic (exact) mass is 420 g/mol. The third-order valence-corrected chi connectivity index (χ3v) is 6.49. The van der Waals surface area contributed by atoms with Gasteiger partial charge < -0.3 is 15.3 Å². The summed E-state index contributed by atoms with van der Waals surface area (Å²) in [7, 11) is 0. The Morgan fingerprint density at radius 2 is 1.68 bits per heavy atom. The Hall–Kier alpha value is -2.37. The quantitative estimate of drug-likeness (QED) is 0.554. The first-order valence-corrected chi connectivity index (χ1v) is 11.8. The molecular weight excluding hydrogens is 384 g/mol. The average Bonchev–Trinajstić information content (AvgIpc) is 3.30. The molecule has 0 spiro atoms. The van der Waals surface area contributed by atoms with E-state index in [-0.39, 0.29) is 6.10 Å². The molecule has 2 heterocycles. The minimum Gasteiger partial charge on any atom is -0.393 e. The summed E-state index contributed by atoms with van der Waals surface area (Å²) in [5, 5.41) is 13.2. The minimum atomic E-state index is -0.110. The van der Waals surface area contributed by atoms with Crippen LogP contribution in [0.1, 0.15) is 48.8 Å². The van der Waals surface area contributed by atoms with Crippen LogP contribution in [0.3, 0.4) is 0 Å². The summed E-state index contributed by atoms with van der Waals surface area (Å²) in [6, 6.07) is 19.7. The Kier molecular flexibility index (Phi) is 7.60. The van der Waals surface area contributed by atoms with Crippen LogP contribution < -0.4 is 5.32 Å². The van der Waals surface area contributed by atoms with Gasteiger partial charge in [-0.3, -0.25) is 4.90 Å². The average molecular weight is 421 g/mol. The van der Waals surface area contributed by atoms with Crippen molar-refractivity contribution in [1.29, 1.82) is 0 Å². The molecule has 4 rings (SSSR count). The summed E-state index contributed by atoms with van der Waals surface area (Å²) in [5.74, 6) is 1.61. The van der Waals surface area contributed by atoms with Crippen molar-refractivity contribution in [2.24, 2.45) is 4.99 Å². The van der Waals surface area contributed by atoms with E-state index in [1.54, 1.807) is 0 Å². The molecule has 31 heavy (non-hydrogen) atoms. The molecule has 5 nitrogen and oxygen atoms in total. The number of nitrogens with zero attached hydrogens (tertiary/aromatic N) is 3. The summed E-state index contributed by atoms with van der Waals surface area (Å²) < 4.78 is 0. The van der Waals surface area contributed by atoms with Crippen LogP contribution in [0.25, 0.3) is 0 Å². The number of aliphatic hydroxyl groups is 1. The van der Waals surface area contributed by atoms with Crippen molar-refractivity contribution >= 4 is 5.96 Å². The van der Waals surface area contributed by atoms with Crippen LogP contribution in [-0.4, -0.2) is 59.7 Å². The van der Waals surface area contributed by atoms with Gasteiger partial charge in [-0.15, -0.1) is 0 Å². The van der Waals surface area contributed by atoms with Gasteiger partial charge in [0, 0.05) is 45.2 Å². The van der Waals surface area contributed by atoms with Crippen LogP contribution in [0, 0.1) is 0 Å². The van der Waals surface area contributed by atoms with Gasteiger partial charge in [-0.2, -0.15) is 0 Å². The predicted molar refractivity (Wildman–Crippen MR) is 127 cm³/mol. The molecule has 0 amide bonds. The molecule has 0 aliphatic carbocycles. The summed E-state index contributed by atoms with van der Waals surface area (Å²) in [4.78, 5) is 9.77. The molecule has 0 radical (unpaired) electrons. The molecule has 2 aromatic rings. The maximum atomic E-state index is 9.67. The summed E-state index contributed by atoms with van der Waals surface area (Å²) in [6.07, 6.45) is 2.85. The zero-order valence-electron chi connectivity index (χ0n) is 18.7. The smallest absolute Gasteiger partial charge is 0.194 e. The van der Waals surface area contributed by atoms with Gasteiger partial charge in [-0.1, -0.05) is 54.6 Å². The number of nitrogens with one attached hydrogen (secondary N) is 1. The van der Waals surface area contributed by atoms with E-state index < -0.39 is 0 Å².